The Kier molecular flexibility index (Phi) is 3.17. The highest BCUT2D eigenvalue weighted by atomic mass is 19.4. The predicted octanol–water partition coefficient (Wildman–Crippen LogP) is 3.44. The number of phenols is 1. The summed E-state index contributed by atoms with van der Waals surface area (Å²) in [6.45, 7) is 0. The number of alkyl halides is 6. The summed E-state index contributed by atoms with van der Waals surface area (Å²) in [5.41, 5.74) is -3.27. The number of rotatable bonds is 1. The summed E-state index contributed by atoms with van der Waals surface area (Å²) in [5, 5.41) is 9.07. The van der Waals surface area contributed by atoms with Gasteiger partial charge in [0.05, 0.1) is 12.7 Å². The smallest absolute Gasteiger partial charge is 0.420 e. The fourth-order valence-corrected chi connectivity index (χ4v) is 1.20. The largest absolute Gasteiger partial charge is 0.504 e. The Hall–Kier alpha value is -1.60. The van der Waals surface area contributed by atoms with Gasteiger partial charge in [-0.1, -0.05) is 0 Å². The van der Waals surface area contributed by atoms with Crippen LogP contribution in [0.25, 0.3) is 0 Å². The molecule has 0 atom stereocenters. The van der Waals surface area contributed by atoms with E-state index in [4.69, 9.17) is 5.11 Å². The van der Waals surface area contributed by atoms with Crippen molar-refractivity contribution >= 4 is 0 Å². The standard InChI is InChI=1S/C9H6F6O2/c1-17-7-5(9(13,14)15)2-4(3-6(7)16)8(10,11)12/h2-3,16H,1H3. The Morgan fingerprint density at radius 2 is 1.53 bits per heavy atom. The summed E-state index contributed by atoms with van der Waals surface area (Å²) >= 11 is 0. The Morgan fingerprint density at radius 1 is 1.00 bits per heavy atom. The van der Waals surface area contributed by atoms with E-state index in [1.54, 1.807) is 0 Å². The number of benzene rings is 1. The van der Waals surface area contributed by atoms with E-state index in [1.807, 2.05) is 0 Å². The first-order valence-corrected chi connectivity index (χ1v) is 4.12. The van der Waals surface area contributed by atoms with E-state index >= 15 is 0 Å². The molecule has 0 aliphatic carbocycles. The van der Waals surface area contributed by atoms with Crippen molar-refractivity contribution in [1.29, 1.82) is 0 Å². The third-order valence-corrected chi connectivity index (χ3v) is 1.91. The lowest BCUT2D eigenvalue weighted by molar-refractivity contribution is -0.144. The molecule has 0 heterocycles. The van der Waals surface area contributed by atoms with Crippen molar-refractivity contribution in [1.82, 2.24) is 0 Å². The molecule has 0 saturated heterocycles. The van der Waals surface area contributed by atoms with Crippen molar-refractivity contribution in [2.24, 2.45) is 0 Å². The fraction of sp³-hybridized carbons (Fsp3) is 0.333. The van der Waals surface area contributed by atoms with Crippen molar-refractivity contribution in [3.05, 3.63) is 23.3 Å². The number of hydrogen-bond acceptors (Lipinski definition) is 2. The zero-order chi connectivity index (χ0) is 13.4. The molecule has 0 radical (unpaired) electrons. The van der Waals surface area contributed by atoms with Crippen molar-refractivity contribution in [3.8, 4) is 11.5 Å². The number of methoxy groups -OCH3 is 1. The molecule has 0 aliphatic heterocycles. The highest BCUT2D eigenvalue weighted by molar-refractivity contribution is 5.50. The van der Waals surface area contributed by atoms with E-state index in [-0.39, 0.29) is 12.1 Å². The molecule has 1 aromatic rings. The zero-order valence-corrected chi connectivity index (χ0v) is 8.28. The van der Waals surface area contributed by atoms with Gasteiger partial charge < -0.3 is 9.84 Å². The molecule has 96 valence electrons. The molecule has 1 N–H and O–H groups in total. The molecule has 8 heteroatoms. The fourth-order valence-electron chi connectivity index (χ4n) is 1.20. The first-order chi connectivity index (χ1) is 7.57. The van der Waals surface area contributed by atoms with E-state index in [0.717, 1.165) is 7.11 Å². The summed E-state index contributed by atoms with van der Waals surface area (Å²) < 4.78 is 78.3. The van der Waals surface area contributed by atoms with Gasteiger partial charge in [0.25, 0.3) is 0 Å². The Morgan fingerprint density at radius 3 is 1.88 bits per heavy atom. The Bertz CT molecular complexity index is 421. The van der Waals surface area contributed by atoms with Gasteiger partial charge in [-0.25, -0.2) is 0 Å². The first kappa shape index (κ1) is 13.5. The van der Waals surface area contributed by atoms with Gasteiger partial charge in [-0.3, -0.25) is 0 Å². The van der Waals surface area contributed by atoms with Gasteiger partial charge in [0.15, 0.2) is 11.5 Å². The van der Waals surface area contributed by atoms with Crippen molar-refractivity contribution < 1.29 is 36.2 Å². The third-order valence-electron chi connectivity index (χ3n) is 1.91. The summed E-state index contributed by atoms with van der Waals surface area (Å²) in [5.74, 6) is -2.25. The minimum atomic E-state index is -5.05. The molecule has 0 bridgehead atoms. The second-order valence-electron chi connectivity index (χ2n) is 3.07. The molecule has 0 saturated carbocycles. The molecule has 0 amide bonds. The molecule has 0 aliphatic rings. The lowest BCUT2D eigenvalue weighted by Gasteiger charge is -2.16. The molecule has 0 spiro atoms. The molecular formula is C9H6F6O2. The lowest BCUT2D eigenvalue weighted by atomic mass is 10.1. The molecule has 0 unspecified atom stereocenters. The average molecular weight is 260 g/mol. The van der Waals surface area contributed by atoms with Gasteiger partial charge in [-0.2, -0.15) is 26.3 Å². The minimum absolute atomic E-state index is 0.113. The van der Waals surface area contributed by atoms with Crippen LogP contribution in [0.4, 0.5) is 26.3 Å². The predicted molar refractivity (Wildman–Crippen MR) is 44.7 cm³/mol. The summed E-state index contributed by atoms with van der Waals surface area (Å²) in [4.78, 5) is 0. The topological polar surface area (TPSA) is 29.5 Å². The van der Waals surface area contributed by atoms with Gasteiger partial charge >= 0.3 is 12.4 Å². The number of phenolic OH excluding ortho intramolecular Hbond substituents is 1. The first-order valence-electron chi connectivity index (χ1n) is 4.12. The van der Waals surface area contributed by atoms with E-state index in [9.17, 15) is 26.3 Å². The van der Waals surface area contributed by atoms with E-state index in [0.29, 0.717) is 0 Å². The van der Waals surface area contributed by atoms with Gasteiger partial charge in [0.2, 0.25) is 0 Å². The maximum absolute atomic E-state index is 12.4. The maximum atomic E-state index is 12.4. The number of halogens is 6. The summed E-state index contributed by atoms with van der Waals surface area (Å²) in [6, 6.07) is 0.0621. The van der Waals surface area contributed by atoms with Crippen LogP contribution < -0.4 is 4.74 Å². The summed E-state index contributed by atoms with van der Waals surface area (Å²) in [6.07, 6.45) is -10.0. The van der Waals surface area contributed by atoms with Gasteiger partial charge in [-0.15, -0.1) is 0 Å². The van der Waals surface area contributed by atoms with Gasteiger partial charge in [0.1, 0.15) is 5.56 Å². The molecule has 17 heavy (non-hydrogen) atoms. The second kappa shape index (κ2) is 4.01. The van der Waals surface area contributed by atoms with Crippen LogP contribution in [0.5, 0.6) is 11.5 Å². The molecule has 2 nitrogen and oxygen atoms in total. The number of aromatic hydroxyl groups is 1. The zero-order valence-electron chi connectivity index (χ0n) is 8.28. The van der Waals surface area contributed by atoms with Crippen LogP contribution in [0.3, 0.4) is 0 Å². The van der Waals surface area contributed by atoms with Crippen molar-refractivity contribution in [2.45, 2.75) is 12.4 Å². The number of ether oxygens (including phenoxy) is 1. The summed E-state index contributed by atoms with van der Waals surface area (Å²) in [7, 11) is 0.817. The highest BCUT2D eigenvalue weighted by Gasteiger charge is 2.40. The van der Waals surface area contributed by atoms with Crippen LogP contribution in [-0.2, 0) is 12.4 Å². The molecule has 1 rings (SSSR count). The highest BCUT2D eigenvalue weighted by Crippen LogP contribution is 2.44. The minimum Gasteiger partial charge on any atom is -0.504 e. The van der Waals surface area contributed by atoms with Crippen LogP contribution >= 0.6 is 0 Å². The number of hydrogen-bond donors (Lipinski definition) is 1. The molecule has 1 aromatic carbocycles. The second-order valence-corrected chi connectivity index (χ2v) is 3.07. The quantitative estimate of drug-likeness (QED) is 0.784. The maximum Gasteiger partial charge on any atom is 0.420 e. The van der Waals surface area contributed by atoms with Crippen LogP contribution in [0.1, 0.15) is 11.1 Å². The molecular weight excluding hydrogens is 254 g/mol. The van der Waals surface area contributed by atoms with Crippen LogP contribution in [0.2, 0.25) is 0 Å². The normalized spacial score (nSPS) is 12.6. The third kappa shape index (κ3) is 2.75. The van der Waals surface area contributed by atoms with E-state index in [1.165, 1.54) is 0 Å². The SMILES string of the molecule is COc1c(O)cc(C(F)(F)F)cc1C(F)(F)F. The van der Waals surface area contributed by atoms with Crippen LogP contribution in [0, 0.1) is 0 Å². The monoisotopic (exact) mass is 260 g/mol. The lowest BCUT2D eigenvalue weighted by Crippen LogP contribution is -2.12. The molecule has 0 aromatic heterocycles. The van der Waals surface area contributed by atoms with E-state index < -0.39 is 35.0 Å². The van der Waals surface area contributed by atoms with Crippen molar-refractivity contribution in [2.75, 3.05) is 7.11 Å². The van der Waals surface area contributed by atoms with E-state index in [2.05, 4.69) is 4.74 Å². The molecule has 0 fully saturated rings. The van der Waals surface area contributed by atoms with Gasteiger partial charge in [-0.05, 0) is 12.1 Å². The Balaban J connectivity index is 3.51. The van der Waals surface area contributed by atoms with Crippen molar-refractivity contribution in [3.63, 3.8) is 0 Å². The van der Waals surface area contributed by atoms with Crippen LogP contribution in [-0.4, -0.2) is 12.2 Å². The Labute approximate surface area is 91.4 Å². The van der Waals surface area contributed by atoms with Crippen LogP contribution in [0.15, 0.2) is 12.1 Å². The van der Waals surface area contributed by atoms with Gasteiger partial charge in [0, 0.05) is 0 Å². The average Bonchev–Trinajstić information content (AvgIpc) is 2.13.